The quantitative estimate of drug-likeness (QED) is 0.817. The van der Waals surface area contributed by atoms with E-state index in [-0.39, 0.29) is 5.91 Å². The summed E-state index contributed by atoms with van der Waals surface area (Å²) in [6.45, 7) is 6.87. The van der Waals surface area contributed by atoms with Gasteiger partial charge in [-0.3, -0.25) is 4.79 Å². The van der Waals surface area contributed by atoms with Crippen LogP contribution in [0.5, 0.6) is 5.88 Å². The highest BCUT2D eigenvalue weighted by atomic mass is 16.5. The van der Waals surface area contributed by atoms with E-state index < -0.39 is 6.10 Å². The summed E-state index contributed by atoms with van der Waals surface area (Å²) in [6.07, 6.45) is 1.21. The lowest BCUT2D eigenvalue weighted by Crippen LogP contribution is -2.34. The average Bonchev–Trinajstić information content (AvgIpc) is 2.42. The largest absolute Gasteiger partial charge is 0.481 e. The van der Waals surface area contributed by atoms with Gasteiger partial charge >= 0.3 is 0 Å². The van der Waals surface area contributed by atoms with Gasteiger partial charge in [0.2, 0.25) is 11.8 Å². The molecule has 19 heavy (non-hydrogen) atoms. The zero-order valence-electron chi connectivity index (χ0n) is 12.0. The first-order chi connectivity index (χ1) is 9.02. The molecule has 0 spiro atoms. The second kappa shape index (κ2) is 7.74. The van der Waals surface area contributed by atoms with Crippen molar-refractivity contribution in [3.8, 4) is 5.88 Å². The molecule has 0 aromatic carbocycles. The summed E-state index contributed by atoms with van der Waals surface area (Å²) in [5.74, 6) is 0.840. The lowest BCUT2D eigenvalue weighted by Gasteiger charge is -2.14. The van der Waals surface area contributed by atoms with E-state index in [2.05, 4.69) is 10.3 Å². The Morgan fingerprint density at radius 1 is 1.42 bits per heavy atom. The summed E-state index contributed by atoms with van der Waals surface area (Å²) in [6, 6.07) is 3.63. The number of nitrogens with zero attached hydrogens (tertiary/aromatic N) is 1. The van der Waals surface area contributed by atoms with Crippen molar-refractivity contribution in [3.05, 3.63) is 23.9 Å². The van der Waals surface area contributed by atoms with Crippen molar-refractivity contribution in [1.29, 1.82) is 0 Å². The van der Waals surface area contributed by atoms with Gasteiger partial charge in [-0.25, -0.2) is 4.98 Å². The molecule has 0 aliphatic carbocycles. The number of aromatic nitrogens is 1. The summed E-state index contributed by atoms with van der Waals surface area (Å²) in [7, 11) is 1.56. The second-order valence-electron chi connectivity index (χ2n) is 4.79. The Kier molecular flexibility index (Phi) is 6.29. The second-order valence-corrected chi connectivity index (χ2v) is 4.79. The Morgan fingerprint density at radius 3 is 2.79 bits per heavy atom. The molecule has 1 amide bonds. The van der Waals surface area contributed by atoms with Gasteiger partial charge in [-0.15, -0.1) is 0 Å². The van der Waals surface area contributed by atoms with Gasteiger partial charge in [-0.05, 0) is 24.5 Å². The molecule has 5 heteroatoms. The van der Waals surface area contributed by atoms with E-state index in [1.54, 1.807) is 26.3 Å². The number of pyridine rings is 1. The Bertz CT molecular complexity index is 407. The molecule has 1 heterocycles. The fourth-order valence-corrected chi connectivity index (χ4v) is 1.42. The van der Waals surface area contributed by atoms with Crippen LogP contribution in [0, 0.1) is 5.92 Å². The molecule has 1 aromatic rings. The van der Waals surface area contributed by atoms with Crippen molar-refractivity contribution in [2.75, 3.05) is 13.7 Å². The van der Waals surface area contributed by atoms with Gasteiger partial charge in [0, 0.05) is 25.4 Å². The van der Waals surface area contributed by atoms with Crippen LogP contribution in [0.15, 0.2) is 18.3 Å². The number of methoxy groups -OCH3 is 1. The molecule has 1 atom stereocenters. The first-order valence-electron chi connectivity index (χ1n) is 6.41. The van der Waals surface area contributed by atoms with E-state index in [1.807, 2.05) is 19.9 Å². The van der Waals surface area contributed by atoms with Crippen LogP contribution in [-0.2, 0) is 16.1 Å². The van der Waals surface area contributed by atoms with Crippen LogP contribution in [0.1, 0.15) is 26.3 Å². The van der Waals surface area contributed by atoms with Crippen LogP contribution in [0.4, 0.5) is 0 Å². The minimum absolute atomic E-state index is 0.114. The van der Waals surface area contributed by atoms with E-state index in [0.717, 1.165) is 5.56 Å². The lowest BCUT2D eigenvalue weighted by atomic mass is 10.2. The first kappa shape index (κ1) is 15.4. The highest BCUT2D eigenvalue weighted by Crippen LogP contribution is 2.08. The molecule has 1 rings (SSSR count). The smallest absolute Gasteiger partial charge is 0.249 e. The van der Waals surface area contributed by atoms with Gasteiger partial charge in [0.15, 0.2) is 0 Å². The zero-order valence-corrected chi connectivity index (χ0v) is 12.0. The molecule has 0 saturated heterocycles. The summed E-state index contributed by atoms with van der Waals surface area (Å²) >= 11 is 0. The van der Waals surface area contributed by atoms with Crippen molar-refractivity contribution in [1.82, 2.24) is 10.3 Å². The van der Waals surface area contributed by atoms with Crippen LogP contribution in [0.2, 0.25) is 0 Å². The molecule has 0 aliphatic rings. The van der Waals surface area contributed by atoms with E-state index >= 15 is 0 Å². The molecule has 1 N–H and O–H groups in total. The molecule has 0 saturated carbocycles. The third-order valence-corrected chi connectivity index (χ3v) is 2.52. The fourth-order valence-electron chi connectivity index (χ4n) is 1.42. The number of carbonyl (C=O) groups excluding carboxylic acids is 1. The van der Waals surface area contributed by atoms with E-state index in [9.17, 15) is 4.79 Å². The molecule has 0 unspecified atom stereocenters. The SMILES string of the molecule is COc1cc(CNC(=O)[C@@H](C)OCC(C)C)ccn1. The van der Waals surface area contributed by atoms with Gasteiger partial charge in [0.25, 0.3) is 0 Å². The standard InChI is InChI=1S/C14H22N2O3/c1-10(2)9-19-11(3)14(17)16-8-12-5-6-15-13(7-12)18-4/h5-7,10-11H,8-9H2,1-4H3,(H,16,17)/t11-/m1/s1. The normalized spacial score (nSPS) is 12.3. The van der Waals surface area contributed by atoms with Crippen LogP contribution < -0.4 is 10.1 Å². The van der Waals surface area contributed by atoms with Crippen molar-refractivity contribution >= 4 is 5.91 Å². The molecule has 5 nitrogen and oxygen atoms in total. The molecule has 1 aromatic heterocycles. The fraction of sp³-hybridized carbons (Fsp3) is 0.571. The number of amides is 1. The third kappa shape index (κ3) is 5.70. The van der Waals surface area contributed by atoms with Crippen LogP contribution in [-0.4, -0.2) is 30.7 Å². The number of hydrogen-bond acceptors (Lipinski definition) is 4. The minimum atomic E-state index is -0.439. The minimum Gasteiger partial charge on any atom is -0.481 e. The molecule has 0 radical (unpaired) electrons. The van der Waals surface area contributed by atoms with E-state index in [0.29, 0.717) is 24.9 Å². The maximum atomic E-state index is 11.8. The number of nitrogens with one attached hydrogen (secondary N) is 1. The number of rotatable bonds is 7. The summed E-state index contributed by atoms with van der Waals surface area (Å²) in [5.41, 5.74) is 0.941. The Balaban J connectivity index is 2.40. The Labute approximate surface area is 114 Å². The van der Waals surface area contributed by atoms with E-state index in [4.69, 9.17) is 9.47 Å². The van der Waals surface area contributed by atoms with Crippen molar-refractivity contribution in [2.24, 2.45) is 5.92 Å². The van der Waals surface area contributed by atoms with Gasteiger partial charge in [0.1, 0.15) is 6.10 Å². The van der Waals surface area contributed by atoms with Crippen LogP contribution in [0.25, 0.3) is 0 Å². The maximum Gasteiger partial charge on any atom is 0.249 e. The van der Waals surface area contributed by atoms with Gasteiger partial charge in [-0.1, -0.05) is 13.8 Å². The molecule has 0 bridgehead atoms. The molecular weight excluding hydrogens is 244 g/mol. The molecule has 0 fully saturated rings. The summed E-state index contributed by atoms with van der Waals surface area (Å²) in [5, 5.41) is 2.83. The monoisotopic (exact) mass is 266 g/mol. The van der Waals surface area contributed by atoms with Gasteiger partial charge < -0.3 is 14.8 Å². The highest BCUT2D eigenvalue weighted by molar-refractivity contribution is 5.80. The molecule has 0 aliphatic heterocycles. The highest BCUT2D eigenvalue weighted by Gasteiger charge is 2.13. The number of carbonyl (C=O) groups is 1. The number of ether oxygens (including phenoxy) is 2. The molecule has 106 valence electrons. The van der Waals surface area contributed by atoms with Gasteiger partial charge in [0.05, 0.1) is 7.11 Å². The number of hydrogen-bond donors (Lipinski definition) is 1. The van der Waals surface area contributed by atoms with Crippen molar-refractivity contribution in [2.45, 2.75) is 33.4 Å². The van der Waals surface area contributed by atoms with Crippen molar-refractivity contribution in [3.63, 3.8) is 0 Å². The zero-order chi connectivity index (χ0) is 14.3. The summed E-state index contributed by atoms with van der Waals surface area (Å²) in [4.78, 5) is 15.8. The maximum absolute atomic E-state index is 11.8. The summed E-state index contributed by atoms with van der Waals surface area (Å²) < 4.78 is 10.5. The molecular formula is C14H22N2O3. The predicted molar refractivity (Wildman–Crippen MR) is 72.9 cm³/mol. The average molecular weight is 266 g/mol. The predicted octanol–water partition coefficient (Wildman–Crippen LogP) is 1.77. The third-order valence-electron chi connectivity index (χ3n) is 2.52. The Hall–Kier alpha value is -1.62. The van der Waals surface area contributed by atoms with E-state index in [1.165, 1.54) is 0 Å². The van der Waals surface area contributed by atoms with Crippen LogP contribution in [0.3, 0.4) is 0 Å². The topological polar surface area (TPSA) is 60.5 Å². The van der Waals surface area contributed by atoms with Gasteiger partial charge in [-0.2, -0.15) is 0 Å². The van der Waals surface area contributed by atoms with Crippen molar-refractivity contribution < 1.29 is 14.3 Å². The Morgan fingerprint density at radius 2 is 2.16 bits per heavy atom. The first-order valence-corrected chi connectivity index (χ1v) is 6.41. The van der Waals surface area contributed by atoms with Crippen LogP contribution >= 0.6 is 0 Å². The lowest BCUT2D eigenvalue weighted by molar-refractivity contribution is -0.132.